The van der Waals surface area contributed by atoms with Gasteiger partial charge in [0.1, 0.15) is 0 Å². The number of anilines is 1. The van der Waals surface area contributed by atoms with Crippen LogP contribution in [0, 0.1) is 0 Å². The first-order valence-electron chi connectivity index (χ1n) is 7.45. The molecule has 0 saturated carbocycles. The largest absolute Gasteiger partial charge is 0.274 e. The number of rotatable bonds is 3. The molecule has 1 aliphatic heterocycles. The van der Waals surface area contributed by atoms with Crippen LogP contribution >= 0.6 is 35.0 Å². The highest BCUT2D eigenvalue weighted by Crippen LogP contribution is 2.39. The molecule has 0 aromatic heterocycles. The Balaban J connectivity index is 1.90. The van der Waals surface area contributed by atoms with Crippen LogP contribution in [0.3, 0.4) is 0 Å². The molecule has 1 heterocycles. The summed E-state index contributed by atoms with van der Waals surface area (Å²) in [6.07, 6.45) is 2.37. The van der Waals surface area contributed by atoms with E-state index in [-0.39, 0.29) is 30.6 Å². The minimum atomic E-state index is -0.286. The van der Waals surface area contributed by atoms with Crippen molar-refractivity contribution in [2.24, 2.45) is 0 Å². The molecule has 0 atom stereocenters. The molecular formula is C18H15Cl2NO2S. The van der Waals surface area contributed by atoms with E-state index in [1.807, 2.05) is 24.5 Å². The van der Waals surface area contributed by atoms with Gasteiger partial charge < -0.3 is 0 Å². The Morgan fingerprint density at radius 3 is 2.17 bits per heavy atom. The van der Waals surface area contributed by atoms with E-state index in [0.717, 1.165) is 4.90 Å². The summed E-state index contributed by atoms with van der Waals surface area (Å²) in [5.74, 6) is -0.748. The van der Waals surface area contributed by atoms with Gasteiger partial charge in [-0.1, -0.05) is 35.3 Å². The lowest BCUT2D eigenvalue weighted by Gasteiger charge is -2.31. The number of hydrogen-bond donors (Lipinski definition) is 0. The Morgan fingerprint density at radius 1 is 1.00 bits per heavy atom. The fourth-order valence-electron chi connectivity index (χ4n) is 2.96. The second-order valence-corrected chi connectivity index (χ2v) is 7.26. The third kappa shape index (κ3) is 3.32. The quantitative estimate of drug-likeness (QED) is 0.546. The summed E-state index contributed by atoms with van der Waals surface area (Å²) in [5.41, 5.74) is 1.29. The molecule has 1 aliphatic rings. The SMILES string of the molecule is CSc1cccc(N2C(=O)CC(c3c(Cl)cccc3Cl)CC2=O)c1. The van der Waals surface area contributed by atoms with Crippen LogP contribution in [-0.2, 0) is 9.59 Å². The average Bonchev–Trinajstić information content (AvgIpc) is 2.54. The zero-order valence-electron chi connectivity index (χ0n) is 13.0. The molecule has 1 saturated heterocycles. The van der Waals surface area contributed by atoms with Gasteiger partial charge in [0.05, 0.1) is 5.69 Å². The summed E-state index contributed by atoms with van der Waals surface area (Å²) >= 11 is 14.0. The highest BCUT2D eigenvalue weighted by Gasteiger charge is 2.36. The number of imide groups is 1. The zero-order chi connectivity index (χ0) is 17.3. The molecule has 2 aromatic carbocycles. The van der Waals surface area contributed by atoms with E-state index in [2.05, 4.69) is 0 Å². The summed E-state index contributed by atoms with van der Waals surface area (Å²) in [6, 6.07) is 12.6. The van der Waals surface area contributed by atoms with Crippen LogP contribution in [0.5, 0.6) is 0 Å². The fourth-order valence-corrected chi connectivity index (χ4v) is 4.12. The van der Waals surface area contributed by atoms with Crippen molar-refractivity contribution >= 4 is 52.5 Å². The summed E-state index contributed by atoms with van der Waals surface area (Å²) < 4.78 is 0. The molecule has 0 unspecified atom stereocenters. The highest BCUT2D eigenvalue weighted by molar-refractivity contribution is 7.98. The van der Waals surface area contributed by atoms with Crippen molar-refractivity contribution in [1.29, 1.82) is 0 Å². The lowest BCUT2D eigenvalue weighted by molar-refractivity contribution is -0.129. The standard InChI is InChI=1S/C18H15Cl2NO2S/c1-24-13-5-2-4-12(10-13)21-16(22)8-11(9-17(21)23)18-14(19)6-3-7-15(18)20/h2-7,10-11H,8-9H2,1H3. The van der Waals surface area contributed by atoms with Crippen LogP contribution in [0.4, 0.5) is 5.69 Å². The van der Waals surface area contributed by atoms with Crippen molar-refractivity contribution in [3.63, 3.8) is 0 Å². The fraction of sp³-hybridized carbons (Fsp3) is 0.222. The first-order chi connectivity index (χ1) is 11.5. The van der Waals surface area contributed by atoms with Gasteiger partial charge in [-0.15, -0.1) is 11.8 Å². The molecule has 124 valence electrons. The number of piperidine rings is 1. The molecule has 3 nitrogen and oxygen atoms in total. The van der Waals surface area contributed by atoms with E-state index in [9.17, 15) is 9.59 Å². The number of halogens is 2. The number of benzene rings is 2. The van der Waals surface area contributed by atoms with Gasteiger partial charge in [0.15, 0.2) is 0 Å². The summed E-state index contributed by atoms with van der Waals surface area (Å²) in [5, 5.41) is 0.983. The molecule has 0 N–H and O–H groups in total. The van der Waals surface area contributed by atoms with E-state index in [1.165, 1.54) is 4.90 Å². The molecule has 3 rings (SSSR count). The van der Waals surface area contributed by atoms with Crippen LogP contribution in [-0.4, -0.2) is 18.1 Å². The second-order valence-electron chi connectivity index (χ2n) is 5.56. The van der Waals surface area contributed by atoms with Gasteiger partial charge in [0.25, 0.3) is 0 Å². The van der Waals surface area contributed by atoms with Crippen molar-refractivity contribution in [3.8, 4) is 0 Å². The van der Waals surface area contributed by atoms with Crippen molar-refractivity contribution < 1.29 is 9.59 Å². The summed E-state index contributed by atoms with van der Waals surface area (Å²) in [7, 11) is 0. The number of thioether (sulfide) groups is 1. The minimum Gasteiger partial charge on any atom is -0.274 e. The normalized spacial score (nSPS) is 15.9. The number of hydrogen-bond acceptors (Lipinski definition) is 3. The molecule has 0 radical (unpaired) electrons. The molecule has 2 aromatic rings. The zero-order valence-corrected chi connectivity index (χ0v) is 15.3. The molecule has 0 aliphatic carbocycles. The minimum absolute atomic E-state index is 0.207. The summed E-state index contributed by atoms with van der Waals surface area (Å²) in [6.45, 7) is 0. The first-order valence-corrected chi connectivity index (χ1v) is 9.43. The van der Waals surface area contributed by atoms with Gasteiger partial charge in [0, 0.05) is 33.7 Å². The smallest absolute Gasteiger partial charge is 0.234 e. The Bertz CT molecular complexity index is 771. The Kier molecular flexibility index (Phi) is 5.18. The molecular weight excluding hydrogens is 365 g/mol. The number of amides is 2. The van der Waals surface area contributed by atoms with Gasteiger partial charge in [-0.2, -0.15) is 0 Å². The van der Waals surface area contributed by atoms with Gasteiger partial charge in [-0.25, -0.2) is 0 Å². The van der Waals surface area contributed by atoms with E-state index < -0.39 is 0 Å². The first kappa shape index (κ1) is 17.3. The summed E-state index contributed by atoms with van der Waals surface area (Å²) in [4.78, 5) is 27.5. The van der Waals surface area contributed by atoms with Crippen molar-refractivity contribution in [2.75, 3.05) is 11.2 Å². The predicted molar refractivity (Wildman–Crippen MR) is 99.2 cm³/mol. The van der Waals surface area contributed by atoms with Crippen LogP contribution in [0.1, 0.15) is 24.3 Å². The maximum atomic E-state index is 12.6. The molecule has 1 fully saturated rings. The van der Waals surface area contributed by atoms with Gasteiger partial charge in [-0.3, -0.25) is 14.5 Å². The monoisotopic (exact) mass is 379 g/mol. The third-order valence-electron chi connectivity index (χ3n) is 4.06. The van der Waals surface area contributed by atoms with Crippen LogP contribution in [0.25, 0.3) is 0 Å². The highest BCUT2D eigenvalue weighted by atomic mass is 35.5. The maximum Gasteiger partial charge on any atom is 0.234 e. The predicted octanol–water partition coefficient (Wildman–Crippen LogP) is 5.15. The van der Waals surface area contributed by atoms with Crippen molar-refractivity contribution in [2.45, 2.75) is 23.7 Å². The molecule has 24 heavy (non-hydrogen) atoms. The Hall–Kier alpha value is -1.49. The van der Waals surface area contributed by atoms with E-state index in [1.54, 1.807) is 36.0 Å². The number of carbonyl (C=O) groups is 2. The lowest BCUT2D eigenvalue weighted by Crippen LogP contribution is -2.42. The Morgan fingerprint density at radius 2 is 1.58 bits per heavy atom. The number of nitrogens with zero attached hydrogens (tertiary/aromatic N) is 1. The Labute approximate surface area is 154 Å². The van der Waals surface area contributed by atoms with Crippen LogP contribution < -0.4 is 4.90 Å². The van der Waals surface area contributed by atoms with E-state index in [0.29, 0.717) is 21.3 Å². The topological polar surface area (TPSA) is 37.4 Å². The third-order valence-corrected chi connectivity index (χ3v) is 5.44. The van der Waals surface area contributed by atoms with Crippen molar-refractivity contribution in [1.82, 2.24) is 0 Å². The molecule has 0 bridgehead atoms. The van der Waals surface area contributed by atoms with Crippen LogP contribution in [0.2, 0.25) is 10.0 Å². The molecule has 0 spiro atoms. The average molecular weight is 380 g/mol. The number of carbonyl (C=O) groups excluding carboxylic acids is 2. The van der Waals surface area contributed by atoms with Gasteiger partial charge >= 0.3 is 0 Å². The van der Waals surface area contributed by atoms with E-state index in [4.69, 9.17) is 23.2 Å². The molecule has 6 heteroatoms. The molecule has 2 amide bonds. The second kappa shape index (κ2) is 7.18. The maximum absolute atomic E-state index is 12.6. The van der Waals surface area contributed by atoms with Crippen LogP contribution in [0.15, 0.2) is 47.4 Å². The van der Waals surface area contributed by atoms with Gasteiger partial charge in [-0.05, 0) is 42.2 Å². The van der Waals surface area contributed by atoms with Crippen molar-refractivity contribution in [3.05, 3.63) is 58.1 Å². The van der Waals surface area contributed by atoms with Gasteiger partial charge in [0.2, 0.25) is 11.8 Å². The lowest BCUT2D eigenvalue weighted by atomic mass is 9.88. The van der Waals surface area contributed by atoms with E-state index >= 15 is 0 Å².